The van der Waals surface area contributed by atoms with Crippen LogP contribution in [0.4, 0.5) is 4.79 Å². The first-order valence-corrected chi connectivity index (χ1v) is 5.62. The molecule has 0 bridgehead atoms. The van der Waals surface area contributed by atoms with Gasteiger partial charge < -0.3 is 9.15 Å². The topological polar surface area (TPSA) is 63.8 Å². The number of allylic oxidation sites excluding steroid dienone is 1. The molecular weight excluding hydrogens is 232 g/mol. The maximum Gasteiger partial charge on any atom is 0.428 e. The lowest BCUT2D eigenvalue weighted by Crippen LogP contribution is -2.30. The number of amides is 1. The van der Waals surface area contributed by atoms with Gasteiger partial charge in [0.05, 0.1) is 12.0 Å². The van der Waals surface area contributed by atoms with Crippen LogP contribution in [-0.4, -0.2) is 17.4 Å². The SMILES string of the molecule is CC(/C=C/c1ccco1)=NNC(=O)OC(C)(C)C. The zero-order chi connectivity index (χ0) is 13.6. The summed E-state index contributed by atoms with van der Waals surface area (Å²) in [6, 6.07) is 3.62. The fraction of sp³-hybridized carbons (Fsp3) is 0.385. The van der Waals surface area contributed by atoms with Gasteiger partial charge in [0.2, 0.25) is 0 Å². The maximum atomic E-state index is 11.3. The van der Waals surface area contributed by atoms with E-state index in [-0.39, 0.29) is 0 Å². The lowest BCUT2D eigenvalue weighted by molar-refractivity contribution is 0.0529. The third kappa shape index (κ3) is 5.89. The van der Waals surface area contributed by atoms with Gasteiger partial charge in [-0.1, -0.05) is 0 Å². The predicted octanol–water partition coefficient (Wildman–Crippen LogP) is 3.19. The first kappa shape index (κ1) is 14.0. The first-order valence-electron chi connectivity index (χ1n) is 5.62. The summed E-state index contributed by atoms with van der Waals surface area (Å²) in [7, 11) is 0. The lowest BCUT2D eigenvalue weighted by atomic mass is 10.2. The molecule has 0 aliphatic carbocycles. The van der Waals surface area contributed by atoms with Crippen LogP contribution in [-0.2, 0) is 4.74 Å². The molecule has 1 amide bonds. The number of carbonyl (C=O) groups excluding carboxylic acids is 1. The molecule has 0 aliphatic rings. The second-order valence-electron chi connectivity index (χ2n) is 4.72. The third-order valence-electron chi connectivity index (χ3n) is 1.75. The minimum atomic E-state index is -0.576. The van der Waals surface area contributed by atoms with Crippen LogP contribution >= 0.6 is 0 Å². The summed E-state index contributed by atoms with van der Waals surface area (Å²) in [6.07, 6.45) is 4.50. The molecule has 5 nitrogen and oxygen atoms in total. The summed E-state index contributed by atoms with van der Waals surface area (Å²) in [6.45, 7) is 7.14. The summed E-state index contributed by atoms with van der Waals surface area (Å²) in [5.74, 6) is 0.724. The highest BCUT2D eigenvalue weighted by molar-refractivity contribution is 5.96. The van der Waals surface area contributed by atoms with Gasteiger partial charge in [0.25, 0.3) is 0 Å². The lowest BCUT2D eigenvalue weighted by Gasteiger charge is -2.18. The normalized spacial score (nSPS) is 12.8. The number of hydrogen-bond acceptors (Lipinski definition) is 4. The molecule has 0 atom stereocenters. The number of rotatable bonds is 3. The summed E-state index contributed by atoms with van der Waals surface area (Å²) in [4.78, 5) is 11.3. The van der Waals surface area contributed by atoms with E-state index in [9.17, 15) is 4.79 Å². The second-order valence-corrected chi connectivity index (χ2v) is 4.72. The molecule has 18 heavy (non-hydrogen) atoms. The minimum absolute atomic E-state index is 0.530. The van der Waals surface area contributed by atoms with Crippen LogP contribution in [0.1, 0.15) is 33.5 Å². The number of hydrogen-bond donors (Lipinski definition) is 1. The largest absolute Gasteiger partial charge is 0.465 e. The van der Waals surface area contributed by atoms with E-state index in [4.69, 9.17) is 9.15 Å². The molecule has 0 unspecified atom stereocenters. The summed E-state index contributed by atoms with van der Waals surface area (Å²) in [5.41, 5.74) is 2.42. The average molecular weight is 250 g/mol. The van der Waals surface area contributed by atoms with Crippen LogP contribution in [0.25, 0.3) is 6.08 Å². The molecule has 0 saturated heterocycles. The van der Waals surface area contributed by atoms with Gasteiger partial charge in [-0.2, -0.15) is 5.10 Å². The van der Waals surface area contributed by atoms with E-state index in [1.54, 1.807) is 52.2 Å². The standard InChI is InChI=1S/C13H18N2O3/c1-10(7-8-11-6-5-9-17-11)14-15-12(16)18-13(2,3)4/h5-9H,1-4H3,(H,15,16)/b8-7+,14-10?. The van der Waals surface area contributed by atoms with Crippen LogP contribution < -0.4 is 5.43 Å². The number of ether oxygens (including phenoxy) is 1. The molecule has 1 heterocycles. The van der Waals surface area contributed by atoms with Crippen LogP contribution in [0.5, 0.6) is 0 Å². The average Bonchev–Trinajstić information content (AvgIpc) is 2.74. The zero-order valence-electron chi connectivity index (χ0n) is 11.1. The highest BCUT2D eigenvalue weighted by Gasteiger charge is 2.15. The first-order chi connectivity index (χ1) is 8.37. The van der Waals surface area contributed by atoms with E-state index < -0.39 is 11.7 Å². The van der Waals surface area contributed by atoms with E-state index in [0.717, 1.165) is 5.76 Å². The molecule has 1 N–H and O–H groups in total. The Balaban J connectivity index is 2.45. The second kappa shape index (κ2) is 6.05. The number of nitrogens with one attached hydrogen (secondary N) is 1. The molecule has 5 heteroatoms. The van der Waals surface area contributed by atoms with Crippen molar-refractivity contribution >= 4 is 17.9 Å². The quantitative estimate of drug-likeness (QED) is 0.661. The van der Waals surface area contributed by atoms with Gasteiger partial charge >= 0.3 is 6.09 Å². The molecule has 1 aromatic heterocycles. The molecule has 0 radical (unpaired) electrons. The van der Waals surface area contributed by atoms with Crippen LogP contribution in [0.2, 0.25) is 0 Å². The van der Waals surface area contributed by atoms with Gasteiger partial charge in [-0.15, -0.1) is 0 Å². The molecule has 0 aliphatic heterocycles. The van der Waals surface area contributed by atoms with E-state index in [2.05, 4.69) is 10.5 Å². The molecule has 0 spiro atoms. The monoisotopic (exact) mass is 250 g/mol. The van der Waals surface area contributed by atoms with Crippen LogP contribution in [0.3, 0.4) is 0 Å². The van der Waals surface area contributed by atoms with Gasteiger partial charge in [-0.25, -0.2) is 10.2 Å². The Labute approximate surface area is 107 Å². The molecule has 98 valence electrons. The van der Waals surface area contributed by atoms with Crippen molar-refractivity contribution in [2.24, 2.45) is 5.10 Å². The molecule has 0 saturated carbocycles. The minimum Gasteiger partial charge on any atom is -0.465 e. The highest BCUT2D eigenvalue weighted by atomic mass is 16.6. The smallest absolute Gasteiger partial charge is 0.428 e. The molecule has 0 aromatic carbocycles. The van der Waals surface area contributed by atoms with Gasteiger partial charge in [0.15, 0.2) is 0 Å². The fourth-order valence-electron chi connectivity index (χ4n) is 1.06. The predicted molar refractivity (Wildman–Crippen MR) is 70.2 cm³/mol. The van der Waals surface area contributed by atoms with E-state index in [1.807, 2.05) is 6.07 Å². The Morgan fingerprint density at radius 1 is 1.50 bits per heavy atom. The van der Waals surface area contributed by atoms with Crippen molar-refractivity contribution in [1.82, 2.24) is 5.43 Å². The van der Waals surface area contributed by atoms with Crippen molar-refractivity contribution in [3.8, 4) is 0 Å². The van der Waals surface area contributed by atoms with Crippen molar-refractivity contribution in [3.05, 3.63) is 30.2 Å². The summed E-state index contributed by atoms with van der Waals surface area (Å²) < 4.78 is 10.2. The molecular formula is C13H18N2O3. The molecule has 1 aromatic rings. The van der Waals surface area contributed by atoms with Gasteiger partial charge in [0, 0.05) is 0 Å². The van der Waals surface area contributed by atoms with E-state index >= 15 is 0 Å². The van der Waals surface area contributed by atoms with Crippen molar-refractivity contribution in [3.63, 3.8) is 0 Å². The Morgan fingerprint density at radius 2 is 2.22 bits per heavy atom. The highest BCUT2D eigenvalue weighted by Crippen LogP contribution is 2.06. The summed E-state index contributed by atoms with van der Waals surface area (Å²) >= 11 is 0. The molecule has 1 rings (SSSR count). The zero-order valence-corrected chi connectivity index (χ0v) is 11.1. The summed E-state index contributed by atoms with van der Waals surface area (Å²) in [5, 5.41) is 3.87. The number of furan rings is 1. The van der Waals surface area contributed by atoms with Crippen molar-refractivity contribution in [1.29, 1.82) is 0 Å². The van der Waals surface area contributed by atoms with Crippen molar-refractivity contribution in [2.45, 2.75) is 33.3 Å². The number of hydrazone groups is 1. The van der Waals surface area contributed by atoms with E-state index in [0.29, 0.717) is 5.71 Å². The van der Waals surface area contributed by atoms with Gasteiger partial charge in [-0.3, -0.25) is 0 Å². The number of carbonyl (C=O) groups is 1. The number of nitrogens with zero attached hydrogens (tertiary/aromatic N) is 1. The molecule has 0 fully saturated rings. The third-order valence-corrected chi connectivity index (χ3v) is 1.75. The Bertz CT molecular complexity index is 439. The van der Waals surface area contributed by atoms with Gasteiger partial charge in [0.1, 0.15) is 11.4 Å². The van der Waals surface area contributed by atoms with Crippen molar-refractivity contribution in [2.75, 3.05) is 0 Å². The van der Waals surface area contributed by atoms with Gasteiger partial charge in [-0.05, 0) is 52.0 Å². The Morgan fingerprint density at radius 3 is 2.78 bits per heavy atom. The van der Waals surface area contributed by atoms with Crippen LogP contribution in [0, 0.1) is 0 Å². The van der Waals surface area contributed by atoms with Crippen LogP contribution in [0.15, 0.2) is 34.0 Å². The maximum absolute atomic E-state index is 11.3. The Kier molecular flexibility index (Phi) is 4.71. The van der Waals surface area contributed by atoms with Crippen molar-refractivity contribution < 1.29 is 13.9 Å². The fourth-order valence-corrected chi connectivity index (χ4v) is 1.06. The van der Waals surface area contributed by atoms with E-state index in [1.165, 1.54) is 0 Å². The Hall–Kier alpha value is -2.04.